The largest absolute Gasteiger partial charge is 0.340 e. The number of piperidine rings is 1. The van der Waals surface area contributed by atoms with Gasteiger partial charge >= 0.3 is 0 Å². The van der Waals surface area contributed by atoms with Crippen molar-refractivity contribution < 1.29 is 0 Å². The molecule has 1 unspecified atom stereocenters. The number of anilines is 1. The number of rotatable bonds is 2. The van der Waals surface area contributed by atoms with Crippen LogP contribution in [-0.4, -0.2) is 32.8 Å². The summed E-state index contributed by atoms with van der Waals surface area (Å²) < 4.78 is 2.10. The zero-order valence-electron chi connectivity index (χ0n) is 12.2. The van der Waals surface area contributed by atoms with E-state index in [9.17, 15) is 0 Å². The van der Waals surface area contributed by atoms with Crippen LogP contribution in [0.1, 0.15) is 24.4 Å². The first-order valence-corrected chi connectivity index (χ1v) is 7.50. The van der Waals surface area contributed by atoms with Crippen molar-refractivity contribution in [3.05, 3.63) is 42.2 Å². The topological polar surface area (TPSA) is 49.7 Å². The molecule has 3 aromatic rings. The van der Waals surface area contributed by atoms with E-state index in [0.29, 0.717) is 6.04 Å². The third kappa shape index (κ3) is 2.28. The molecular formula is C16H19N5. The fraction of sp³-hybridized carbons (Fsp3) is 0.375. The van der Waals surface area contributed by atoms with E-state index >= 15 is 0 Å². The van der Waals surface area contributed by atoms with Gasteiger partial charge < -0.3 is 9.88 Å². The molecule has 0 bridgehead atoms. The highest BCUT2D eigenvalue weighted by atomic mass is 15.3. The maximum Gasteiger partial charge on any atom is 0.203 e. The first kappa shape index (κ1) is 12.4. The van der Waals surface area contributed by atoms with Crippen molar-refractivity contribution in [1.29, 1.82) is 0 Å². The summed E-state index contributed by atoms with van der Waals surface area (Å²) in [5.74, 6) is 0.977. The number of hydrogen-bond donors (Lipinski definition) is 1. The van der Waals surface area contributed by atoms with Crippen molar-refractivity contribution in [1.82, 2.24) is 19.7 Å². The van der Waals surface area contributed by atoms with Crippen LogP contribution in [0.2, 0.25) is 0 Å². The number of aromatic nitrogens is 4. The third-order valence-corrected chi connectivity index (χ3v) is 4.18. The SMILES string of the molecule is Cc1cnn(C2CCCN(c3nc4ccccc4[nH]3)C2)c1. The number of H-pyrrole nitrogens is 1. The first-order chi connectivity index (χ1) is 10.3. The Balaban J connectivity index is 1.60. The van der Waals surface area contributed by atoms with Gasteiger partial charge in [0, 0.05) is 19.3 Å². The van der Waals surface area contributed by atoms with Crippen LogP contribution in [0, 0.1) is 6.92 Å². The van der Waals surface area contributed by atoms with Crippen LogP contribution >= 0.6 is 0 Å². The summed E-state index contributed by atoms with van der Waals surface area (Å²) in [7, 11) is 0. The minimum absolute atomic E-state index is 0.431. The molecule has 21 heavy (non-hydrogen) atoms. The molecule has 1 saturated heterocycles. The fourth-order valence-corrected chi connectivity index (χ4v) is 3.08. The second-order valence-corrected chi connectivity index (χ2v) is 5.82. The Morgan fingerprint density at radius 3 is 3.00 bits per heavy atom. The summed E-state index contributed by atoms with van der Waals surface area (Å²) in [5.41, 5.74) is 3.35. The zero-order valence-corrected chi connectivity index (χ0v) is 12.2. The van der Waals surface area contributed by atoms with Gasteiger partial charge in [0.1, 0.15) is 0 Å². The summed E-state index contributed by atoms with van der Waals surface area (Å²) in [5, 5.41) is 4.47. The van der Waals surface area contributed by atoms with Crippen molar-refractivity contribution in [2.24, 2.45) is 0 Å². The summed E-state index contributed by atoms with van der Waals surface area (Å²) in [6.45, 7) is 4.10. The number of nitrogens with zero attached hydrogens (tertiary/aromatic N) is 4. The average molecular weight is 281 g/mol. The maximum absolute atomic E-state index is 4.71. The highest BCUT2D eigenvalue weighted by Gasteiger charge is 2.23. The van der Waals surface area contributed by atoms with Gasteiger partial charge in [-0.2, -0.15) is 5.10 Å². The molecule has 1 aromatic carbocycles. The van der Waals surface area contributed by atoms with E-state index in [1.807, 2.05) is 24.4 Å². The monoisotopic (exact) mass is 281 g/mol. The lowest BCUT2D eigenvalue weighted by molar-refractivity contribution is 0.374. The number of aryl methyl sites for hydroxylation is 1. The van der Waals surface area contributed by atoms with Gasteiger partial charge in [-0.15, -0.1) is 0 Å². The van der Waals surface area contributed by atoms with Crippen LogP contribution in [-0.2, 0) is 0 Å². The van der Waals surface area contributed by atoms with Crippen LogP contribution in [0.15, 0.2) is 36.7 Å². The molecule has 1 aliphatic rings. The molecule has 1 aliphatic heterocycles. The summed E-state index contributed by atoms with van der Waals surface area (Å²) >= 11 is 0. The number of nitrogens with one attached hydrogen (secondary N) is 1. The van der Waals surface area contributed by atoms with Crippen molar-refractivity contribution >= 4 is 17.0 Å². The first-order valence-electron chi connectivity index (χ1n) is 7.50. The molecule has 1 fully saturated rings. The fourth-order valence-electron chi connectivity index (χ4n) is 3.08. The summed E-state index contributed by atoms with van der Waals surface area (Å²) in [6, 6.07) is 8.62. The Bertz CT molecular complexity index is 724. The van der Waals surface area contributed by atoms with Crippen molar-refractivity contribution in [3.63, 3.8) is 0 Å². The molecule has 1 N–H and O–H groups in total. The lowest BCUT2D eigenvalue weighted by Gasteiger charge is -2.32. The second kappa shape index (κ2) is 4.91. The smallest absolute Gasteiger partial charge is 0.203 e. The molecule has 5 heteroatoms. The normalized spacial score (nSPS) is 19.3. The van der Waals surface area contributed by atoms with Gasteiger partial charge in [-0.3, -0.25) is 4.68 Å². The van der Waals surface area contributed by atoms with Gasteiger partial charge in [0.2, 0.25) is 5.95 Å². The molecule has 0 spiro atoms. The molecule has 5 nitrogen and oxygen atoms in total. The van der Waals surface area contributed by atoms with E-state index in [-0.39, 0.29) is 0 Å². The van der Waals surface area contributed by atoms with Gasteiger partial charge in [-0.05, 0) is 37.5 Å². The lowest BCUT2D eigenvalue weighted by Crippen LogP contribution is -2.37. The Hall–Kier alpha value is -2.30. The number of hydrogen-bond acceptors (Lipinski definition) is 3. The summed E-state index contributed by atoms with van der Waals surface area (Å²) in [4.78, 5) is 10.5. The third-order valence-electron chi connectivity index (χ3n) is 4.18. The number of para-hydroxylation sites is 2. The van der Waals surface area contributed by atoms with Crippen LogP contribution < -0.4 is 4.90 Å². The molecule has 0 radical (unpaired) electrons. The molecular weight excluding hydrogens is 262 g/mol. The van der Waals surface area contributed by atoms with Crippen LogP contribution in [0.25, 0.3) is 11.0 Å². The molecule has 0 saturated carbocycles. The highest BCUT2D eigenvalue weighted by molar-refractivity contribution is 5.77. The van der Waals surface area contributed by atoms with Crippen LogP contribution in [0.5, 0.6) is 0 Å². The lowest BCUT2D eigenvalue weighted by atomic mass is 10.1. The predicted octanol–water partition coefficient (Wildman–Crippen LogP) is 2.91. The van der Waals surface area contributed by atoms with E-state index in [1.54, 1.807) is 0 Å². The summed E-state index contributed by atoms with van der Waals surface area (Å²) in [6.07, 6.45) is 6.41. The van der Waals surface area contributed by atoms with Crippen LogP contribution in [0.4, 0.5) is 5.95 Å². The minimum atomic E-state index is 0.431. The highest BCUT2D eigenvalue weighted by Crippen LogP contribution is 2.25. The Labute approximate surface area is 123 Å². The molecule has 2 aromatic heterocycles. The van der Waals surface area contributed by atoms with E-state index in [4.69, 9.17) is 4.98 Å². The Kier molecular flexibility index (Phi) is 2.91. The Morgan fingerprint density at radius 1 is 1.29 bits per heavy atom. The van der Waals surface area contributed by atoms with Gasteiger partial charge in [0.15, 0.2) is 0 Å². The van der Waals surface area contributed by atoms with E-state index in [2.05, 4.69) is 38.9 Å². The van der Waals surface area contributed by atoms with Gasteiger partial charge in [0.25, 0.3) is 0 Å². The van der Waals surface area contributed by atoms with Crippen molar-refractivity contribution in [2.75, 3.05) is 18.0 Å². The zero-order chi connectivity index (χ0) is 14.2. The minimum Gasteiger partial charge on any atom is -0.340 e. The van der Waals surface area contributed by atoms with Crippen molar-refractivity contribution in [2.45, 2.75) is 25.8 Å². The molecule has 0 amide bonds. The maximum atomic E-state index is 4.71. The Morgan fingerprint density at radius 2 is 2.19 bits per heavy atom. The number of imidazole rings is 1. The predicted molar refractivity (Wildman–Crippen MR) is 83.5 cm³/mol. The van der Waals surface area contributed by atoms with Gasteiger partial charge in [0.05, 0.1) is 23.3 Å². The standard InChI is InChI=1S/C16H19N5/c1-12-9-17-21(10-12)13-5-4-8-20(11-13)16-18-14-6-2-3-7-15(14)19-16/h2-3,6-7,9-10,13H,4-5,8,11H2,1H3,(H,18,19). The van der Waals surface area contributed by atoms with E-state index in [1.165, 1.54) is 18.4 Å². The molecule has 1 atom stereocenters. The quantitative estimate of drug-likeness (QED) is 0.785. The number of benzene rings is 1. The van der Waals surface area contributed by atoms with Crippen LogP contribution in [0.3, 0.4) is 0 Å². The molecule has 4 rings (SSSR count). The van der Waals surface area contributed by atoms with E-state index in [0.717, 1.165) is 30.1 Å². The molecule has 0 aliphatic carbocycles. The van der Waals surface area contributed by atoms with Gasteiger partial charge in [-0.25, -0.2) is 4.98 Å². The molecule has 3 heterocycles. The number of aromatic amines is 1. The van der Waals surface area contributed by atoms with Crippen molar-refractivity contribution in [3.8, 4) is 0 Å². The second-order valence-electron chi connectivity index (χ2n) is 5.82. The average Bonchev–Trinajstić information content (AvgIpc) is 3.13. The van der Waals surface area contributed by atoms with Gasteiger partial charge in [-0.1, -0.05) is 12.1 Å². The van der Waals surface area contributed by atoms with E-state index < -0.39 is 0 Å². The number of fused-ring (bicyclic) bond motifs is 1. The molecule has 108 valence electrons.